The molecule has 1 aromatic carbocycles. The third-order valence-electron chi connectivity index (χ3n) is 3.12. The molecule has 4 nitrogen and oxygen atoms in total. The van der Waals surface area contributed by atoms with Crippen LogP contribution in [0.2, 0.25) is 0 Å². The Morgan fingerprint density at radius 1 is 1.37 bits per heavy atom. The second-order valence-electron chi connectivity index (χ2n) is 4.81. The Morgan fingerprint density at radius 3 is 2.68 bits per heavy atom. The monoisotopic (exact) mass is 264 g/mol. The van der Waals surface area contributed by atoms with Gasteiger partial charge < -0.3 is 15.0 Å². The second-order valence-corrected chi connectivity index (χ2v) is 4.81. The van der Waals surface area contributed by atoms with Crippen LogP contribution in [0.1, 0.15) is 31.4 Å². The largest absolute Gasteiger partial charge is 0.496 e. The van der Waals surface area contributed by atoms with Crippen molar-refractivity contribution in [1.82, 2.24) is 10.2 Å². The van der Waals surface area contributed by atoms with E-state index < -0.39 is 0 Å². The highest BCUT2D eigenvalue weighted by Gasteiger charge is 2.10. The summed E-state index contributed by atoms with van der Waals surface area (Å²) in [4.78, 5) is 13.1. The van der Waals surface area contributed by atoms with Gasteiger partial charge in [-0.1, -0.05) is 18.2 Å². The van der Waals surface area contributed by atoms with Gasteiger partial charge in [-0.05, 0) is 26.0 Å². The Hall–Kier alpha value is -1.55. The summed E-state index contributed by atoms with van der Waals surface area (Å²) >= 11 is 0. The Labute approximate surface area is 115 Å². The van der Waals surface area contributed by atoms with Crippen LogP contribution in [0, 0.1) is 0 Å². The fraction of sp³-hybridized carbons (Fsp3) is 0.533. The molecule has 0 aliphatic carbocycles. The Bertz CT molecular complexity index is 405. The summed E-state index contributed by atoms with van der Waals surface area (Å²) in [7, 11) is 5.25. The summed E-state index contributed by atoms with van der Waals surface area (Å²) in [5.41, 5.74) is 1.14. The highest BCUT2D eigenvalue weighted by Crippen LogP contribution is 2.24. The molecule has 106 valence electrons. The molecule has 1 rings (SSSR count). The lowest BCUT2D eigenvalue weighted by Crippen LogP contribution is -2.24. The highest BCUT2D eigenvalue weighted by atomic mass is 16.5. The lowest BCUT2D eigenvalue weighted by Gasteiger charge is -2.17. The number of carbonyl (C=O) groups is 1. The van der Waals surface area contributed by atoms with Crippen molar-refractivity contribution in [2.75, 3.05) is 27.7 Å². The number of hydrogen-bond donors (Lipinski definition) is 1. The Kier molecular flexibility index (Phi) is 6.36. The van der Waals surface area contributed by atoms with Crippen molar-refractivity contribution in [3.05, 3.63) is 29.8 Å². The number of rotatable bonds is 7. The summed E-state index contributed by atoms with van der Waals surface area (Å²) in [6.07, 6.45) is 1.43. The van der Waals surface area contributed by atoms with Gasteiger partial charge in [-0.15, -0.1) is 0 Å². The molecular formula is C15H24N2O2. The smallest absolute Gasteiger partial charge is 0.222 e. The molecule has 0 heterocycles. The molecule has 0 aliphatic heterocycles. The first-order valence-corrected chi connectivity index (χ1v) is 6.62. The van der Waals surface area contributed by atoms with Crippen molar-refractivity contribution in [3.63, 3.8) is 0 Å². The molecule has 0 bridgehead atoms. The maximum absolute atomic E-state index is 11.4. The van der Waals surface area contributed by atoms with Gasteiger partial charge in [-0.3, -0.25) is 4.79 Å². The number of nitrogens with one attached hydrogen (secondary N) is 1. The summed E-state index contributed by atoms with van der Waals surface area (Å²) in [6.45, 7) is 2.92. The van der Waals surface area contributed by atoms with Crippen molar-refractivity contribution in [3.8, 4) is 5.75 Å². The predicted octanol–water partition coefficient (Wildman–Crippen LogP) is 2.21. The molecular weight excluding hydrogens is 240 g/mol. The number of amides is 1. The van der Waals surface area contributed by atoms with Crippen LogP contribution < -0.4 is 10.1 Å². The summed E-state index contributed by atoms with van der Waals surface area (Å²) in [5.74, 6) is 1.07. The van der Waals surface area contributed by atoms with E-state index in [1.54, 1.807) is 26.1 Å². The third-order valence-corrected chi connectivity index (χ3v) is 3.12. The van der Waals surface area contributed by atoms with Gasteiger partial charge in [0.1, 0.15) is 5.75 Å². The molecule has 1 atom stereocenters. The molecule has 1 amide bonds. The maximum atomic E-state index is 11.4. The minimum absolute atomic E-state index is 0.173. The topological polar surface area (TPSA) is 41.6 Å². The summed E-state index contributed by atoms with van der Waals surface area (Å²) < 4.78 is 5.34. The molecule has 0 saturated carbocycles. The van der Waals surface area contributed by atoms with Crippen LogP contribution in [0.15, 0.2) is 24.3 Å². The molecule has 19 heavy (non-hydrogen) atoms. The number of para-hydroxylation sites is 1. The number of carbonyl (C=O) groups excluding carboxylic acids is 1. The van der Waals surface area contributed by atoms with Crippen molar-refractivity contribution >= 4 is 5.91 Å². The number of nitrogens with zero attached hydrogens (tertiary/aromatic N) is 1. The van der Waals surface area contributed by atoms with Gasteiger partial charge in [0.15, 0.2) is 0 Å². The van der Waals surface area contributed by atoms with E-state index in [0.29, 0.717) is 6.42 Å². The molecule has 0 aromatic heterocycles. The van der Waals surface area contributed by atoms with Crippen LogP contribution in [-0.2, 0) is 4.79 Å². The lowest BCUT2D eigenvalue weighted by molar-refractivity contribution is -0.128. The van der Waals surface area contributed by atoms with E-state index in [0.717, 1.165) is 24.3 Å². The molecule has 0 aliphatic rings. The van der Waals surface area contributed by atoms with Crippen LogP contribution in [-0.4, -0.2) is 38.6 Å². The van der Waals surface area contributed by atoms with Crippen LogP contribution in [0.25, 0.3) is 0 Å². The van der Waals surface area contributed by atoms with Crippen LogP contribution in [0.5, 0.6) is 5.75 Å². The second kappa shape index (κ2) is 7.79. The van der Waals surface area contributed by atoms with Crippen LogP contribution >= 0.6 is 0 Å². The number of ether oxygens (including phenoxy) is 1. The van der Waals surface area contributed by atoms with Gasteiger partial charge in [0.25, 0.3) is 0 Å². The molecule has 1 aromatic rings. The fourth-order valence-corrected chi connectivity index (χ4v) is 1.92. The molecule has 0 spiro atoms. The van der Waals surface area contributed by atoms with Gasteiger partial charge >= 0.3 is 0 Å². The van der Waals surface area contributed by atoms with Crippen molar-refractivity contribution in [2.24, 2.45) is 0 Å². The third kappa shape index (κ3) is 4.91. The first kappa shape index (κ1) is 15.5. The standard InChI is InChI=1S/C15H24N2O2/c1-12(13-8-5-6-9-14(13)19-4)16-11-7-10-15(18)17(2)3/h5-6,8-9,12,16H,7,10-11H2,1-4H3/t12-/m1/s1. The summed E-state index contributed by atoms with van der Waals surface area (Å²) in [5, 5.41) is 3.42. The summed E-state index contributed by atoms with van der Waals surface area (Å²) in [6, 6.07) is 8.20. The fourth-order valence-electron chi connectivity index (χ4n) is 1.92. The number of benzene rings is 1. The van der Waals surface area contributed by atoms with E-state index in [1.807, 2.05) is 18.2 Å². The zero-order valence-corrected chi connectivity index (χ0v) is 12.3. The quantitative estimate of drug-likeness (QED) is 0.768. The van der Waals surface area contributed by atoms with E-state index in [9.17, 15) is 4.79 Å². The zero-order chi connectivity index (χ0) is 14.3. The number of hydrogen-bond acceptors (Lipinski definition) is 3. The van der Waals surface area contributed by atoms with E-state index >= 15 is 0 Å². The SMILES string of the molecule is COc1ccccc1[C@@H](C)NCCCC(=O)N(C)C. The lowest BCUT2D eigenvalue weighted by atomic mass is 10.1. The first-order chi connectivity index (χ1) is 9.06. The van der Waals surface area contributed by atoms with Gasteiger partial charge in [0, 0.05) is 32.1 Å². The minimum atomic E-state index is 0.173. The average molecular weight is 264 g/mol. The molecule has 0 saturated heterocycles. The van der Waals surface area contributed by atoms with E-state index in [2.05, 4.69) is 18.3 Å². The average Bonchev–Trinajstić information content (AvgIpc) is 2.42. The van der Waals surface area contributed by atoms with Crippen LogP contribution in [0.3, 0.4) is 0 Å². The predicted molar refractivity (Wildman–Crippen MR) is 77.3 cm³/mol. The van der Waals surface area contributed by atoms with E-state index in [-0.39, 0.29) is 11.9 Å². The highest BCUT2D eigenvalue weighted by molar-refractivity contribution is 5.75. The normalized spacial score (nSPS) is 12.0. The van der Waals surface area contributed by atoms with Crippen molar-refractivity contribution in [2.45, 2.75) is 25.8 Å². The molecule has 4 heteroatoms. The maximum Gasteiger partial charge on any atom is 0.222 e. The first-order valence-electron chi connectivity index (χ1n) is 6.62. The Balaban J connectivity index is 2.39. The van der Waals surface area contributed by atoms with E-state index in [4.69, 9.17) is 4.74 Å². The van der Waals surface area contributed by atoms with Gasteiger partial charge in [-0.2, -0.15) is 0 Å². The Morgan fingerprint density at radius 2 is 2.05 bits per heavy atom. The molecule has 0 fully saturated rings. The minimum Gasteiger partial charge on any atom is -0.496 e. The van der Waals surface area contributed by atoms with Crippen molar-refractivity contribution in [1.29, 1.82) is 0 Å². The van der Waals surface area contributed by atoms with Crippen molar-refractivity contribution < 1.29 is 9.53 Å². The molecule has 1 N–H and O–H groups in total. The van der Waals surface area contributed by atoms with Crippen LogP contribution in [0.4, 0.5) is 0 Å². The van der Waals surface area contributed by atoms with Gasteiger partial charge in [0.05, 0.1) is 7.11 Å². The molecule has 0 radical (unpaired) electrons. The zero-order valence-electron chi connectivity index (χ0n) is 12.3. The van der Waals surface area contributed by atoms with E-state index in [1.165, 1.54) is 0 Å². The van der Waals surface area contributed by atoms with Gasteiger partial charge in [-0.25, -0.2) is 0 Å². The molecule has 0 unspecified atom stereocenters. The van der Waals surface area contributed by atoms with Gasteiger partial charge in [0.2, 0.25) is 5.91 Å². The number of methoxy groups -OCH3 is 1.